The second-order valence-corrected chi connectivity index (χ2v) is 5.71. The first-order valence-corrected chi connectivity index (χ1v) is 7.07. The normalized spacial score (nSPS) is 20.0. The number of aromatic amines is 1. The Hall–Kier alpha value is -1.32. The standard InChI is InChI=1S/C15H18ClN3/c1-11-17-8-15(18-11)10-19-6-5-13(9-19)12-3-2-4-14(16)7-12/h2-4,7-8,13H,5-6,9-10H2,1H3,(H,17,18). The third-order valence-corrected chi connectivity index (χ3v) is 3.98. The Balaban J connectivity index is 1.64. The zero-order valence-electron chi connectivity index (χ0n) is 11.1. The molecule has 100 valence electrons. The third kappa shape index (κ3) is 2.99. The predicted octanol–water partition coefficient (Wildman–Crippen LogP) is 3.36. The summed E-state index contributed by atoms with van der Waals surface area (Å²) in [5.41, 5.74) is 2.56. The van der Waals surface area contributed by atoms with Gasteiger partial charge in [-0.2, -0.15) is 0 Å². The number of H-pyrrole nitrogens is 1. The maximum Gasteiger partial charge on any atom is 0.103 e. The molecule has 19 heavy (non-hydrogen) atoms. The van der Waals surface area contributed by atoms with E-state index in [2.05, 4.69) is 27.0 Å². The minimum Gasteiger partial charge on any atom is -0.345 e. The topological polar surface area (TPSA) is 31.9 Å². The summed E-state index contributed by atoms with van der Waals surface area (Å²) >= 11 is 6.07. The van der Waals surface area contributed by atoms with Crippen molar-refractivity contribution in [1.29, 1.82) is 0 Å². The van der Waals surface area contributed by atoms with Gasteiger partial charge in [-0.25, -0.2) is 4.98 Å². The summed E-state index contributed by atoms with van der Waals surface area (Å²) in [6, 6.07) is 8.25. The molecule has 4 heteroatoms. The zero-order chi connectivity index (χ0) is 13.2. The smallest absolute Gasteiger partial charge is 0.103 e. The van der Waals surface area contributed by atoms with Crippen LogP contribution >= 0.6 is 11.6 Å². The van der Waals surface area contributed by atoms with E-state index in [1.807, 2.05) is 25.3 Å². The van der Waals surface area contributed by atoms with Crippen molar-refractivity contribution in [3.63, 3.8) is 0 Å². The SMILES string of the molecule is Cc1ncc(CN2CCC(c3cccc(Cl)c3)C2)[nH]1. The molecule has 2 heterocycles. The molecule has 1 fully saturated rings. The van der Waals surface area contributed by atoms with E-state index in [1.54, 1.807) is 0 Å². The van der Waals surface area contributed by atoms with Crippen LogP contribution in [0.4, 0.5) is 0 Å². The number of rotatable bonds is 3. The Morgan fingerprint density at radius 2 is 2.37 bits per heavy atom. The molecule has 0 saturated carbocycles. The first kappa shape index (κ1) is 12.7. The molecule has 1 aromatic heterocycles. The van der Waals surface area contributed by atoms with E-state index >= 15 is 0 Å². The Kier molecular flexibility index (Phi) is 3.58. The highest BCUT2D eigenvalue weighted by atomic mass is 35.5. The van der Waals surface area contributed by atoms with Crippen molar-refractivity contribution in [3.05, 3.63) is 52.6 Å². The van der Waals surface area contributed by atoms with Crippen LogP contribution in [0.2, 0.25) is 5.02 Å². The molecule has 0 bridgehead atoms. The van der Waals surface area contributed by atoms with Gasteiger partial charge in [-0.1, -0.05) is 23.7 Å². The molecule has 0 spiro atoms. The van der Waals surface area contributed by atoms with E-state index in [9.17, 15) is 0 Å². The van der Waals surface area contributed by atoms with Crippen molar-refractivity contribution in [2.75, 3.05) is 13.1 Å². The van der Waals surface area contributed by atoms with Crippen LogP contribution in [-0.2, 0) is 6.54 Å². The van der Waals surface area contributed by atoms with E-state index in [1.165, 1.54) is 17.7 Å². The number of nitrogens with one attached hydrogen (secondary N) is 1. The van der Waals surface area contributed by atoms with E-state index in [4.69, 9.17) is 11.6 Å². The second-order valence-electron chi connectivity index (χ2n) is 5.27. The molecule has 1 N–H and O–H groups in total. The maximum absolute atomic E-state index is 6.07. The van der Waals surface area contributed by atoms with Crippen LogP contribution < -0.4 is 0 Å². The molecule has 1 saturated heterocycles. The summed E-state index contributed by atoms with van der Waals surface area (Å²) in [7, 11) is 0. The molecule has 1 aliphatic rings. The van der Waals surface area contributed by atoms with Crippen molar-refractivity contribution in [2.45, 2.75) is 25.8 Å². The molecule has 1 aromatic carbocycles. The van der Waals surface area contributed by atoms with E-state index in [0.717, 1.165) is 30.5 Å². The van der Waals surface area contributed by atoms with Crippen LogP contribution in [0.5, 0.6) is 0 Å². The van der Waals surface area contributed by atoms with E-state index in [-0.39, 0.29) is 0 Å². The van der Waals surface area contributed by atoms with Crippen molar-refractivity contribution in [1.82, 2.24) is 14.9 Å². The van der Waals surface area contributed by atoms with Crippen LogP contribution in [0.3, 0.4) is 0 Å². The number of imidazole rings is 1. The predicted molar refractivity (Wildman–Crippen MR) is 77.4 cm³/mol. The number of aryl methyl sites for hydroxylation is 1. The quantitative estimate of drug-likeness (QED) is 0.931. The van der Waals surface area contributed by atoms with Gasteiger partial charge in [0.1, 0.15) is 5.82 Å². The monoisotopic (exact) mass is 275 g/mol. The Morgan fingerprint density at radius 3 is 3.11 bits per heavy atom. The molecule has 0 amide bonds. The maximum atomic E-state index is 6.07. The highest BCUT2D eigenvalue weighted by Crippen LogP contribution is 2.29. The molecule has 1 aliphatic heterocycles. The van der Waals surface area contributed by atoms with Crippen LogP contribution in [-0.4, -0.2) is 28.0 Å². The second kappa shape index (κ2) is 5.35. The molecular weight excluding hydrogens is 258 g/mol. The lowest BCUT2D eigenvalue weighted by Crippen LogP contribution is -2.19. The lowest BCUT2D eigenvalue weighted by atomic mass is 9.99. The van der Waals surface area contributed by atoms with Gasteiger partial charge in [0.15, 0.2) is 0 Å². The number of likely N-dealkylation sites (tertiary alicyclic amines) is 1. The first-order chi connectivity index (χ1) is 9.20. The van der Waals surface area contributed by atoms with Crippen LogP contribution in [0, 0.1) is 6.92 Å². The van der Waals surface area contributed by atoms with Gasteiger partial charge in [0.05, 0.1) is 0 Å². The van der Waals surface area contributed by atoms with Crippen molar-refractivity contribution >= 4 is 11.6 Å². The lowest BCUT2D eigenvalue weighted by Gasteiger charge is -2.15. The third-order valence-electron chi connectivity index (χ3n) is 3.74. The first-order valence-electron chi connectivity index (χ1n) is 6.69. The molecule has 3 rings (SSSR count). The Morgan fingerprint density at radius 1 is 1.47 bits per heavy atom. The fraction of sp³-hybridized carbons (Fsp3) is 0.400. The minimum absolute atomic E-state index is 0.600. The molecule has 0 radical (unpaired) electrons. The van der Waals surface area contributed by atoms with Gasteiger partial charge in [-0.05, 0) is 43.5 Å². The molecule has 0 aliphatic carbocycles. The largest absolute Gasteiger partial charge is 0.345 e. The number of hydrogen-bond acceptors (Lipinski definition) is 2. The van der Waals surface area contributed by atoms with Crippen LogP contribution in [0.15, 0.2) is 30.5 Å². The fourth-order valence-corrected chi connectivity index (χ4v) is 3.00. The minimum atomic E-state index is 0.600. The Labute approximate surface area is 118 Å². The van der Waals surface area contributed by atoms with Crippen LogP contribution in [0.25, 0.3) is 0 Å². The highest BCUT2D eigenvalue weighted by Gasteiger charge is 2.24. The van der Waals surface area contributed by atoms with Gasteiger partial charge in [0.2, 0.25) is 0 Å². The highest BCUT2D eigenvalue weighted by molar-refractivity contribution is 6.30. The average Bonchev–Trinajstić information content (AvgIpc) is 2.99. The lowest BCUT2D eigenvalue weighted by molar-refractivity contribution is 0.323. The molecular formula is C15H18ClN3. The van der Waals surface area contributed by atoms with Crippen molar-refractivity contribution in [2.24, 2.45) is 0 Å². The van der Waals surface area contributed by atoms with Crippen molar-refractivity contribution in [3.8, 4) is 0 Å². The van der Waals surface area contributed by atoms with E-state index < -0.39 is 0 Å². The number of hydrogen-bond donors (Lipinski definition) is 1. The average molecular weight is 276 g/mol. The molecule has 3 nitrogen and oxygen atoms in total. The zero-order valence-corrected chi connectivity index (χ0v) is 11.8. The summed E-state index contributed by atoms with van der Waals surface area (Å²) in [5, 5.41) is 0.833. The van der Waals surface area contributed by atoms with Crippen molar-refractivity contribution < 1.29 is 0 Å². The fourth-order valence-electron chi connectivity index (χ4n) is 2.80. The summed E-state index contributed by atoms with van der Waals surface area (Å²) in [5.74, 6) is 1.59. The summed E-state index contributed by atoms with van der Waals surface area (Å²) in [6.45, 7) is 5.17. The summed E-state index contributed by atoms with van der Waals surface area (Å²) in [6.07, 6.45) is 3.13. The number of halogens is 1. The summed E-state index contributed by atoms with van der Waals surface area (Å²) < 4.78 is 0. The summed E-state index contributed by atoms with van der Waals surface area (Å²) in [4.78, 5) is 10.0. The molecule has 1 unspecified atom stereocenters. The van der Waals surface area contributed by atoms with E-state index in [0.29, 0.717) is 5.92 Å². The van der Waals surface area contributed by atoms with Gasteiger partial charge in [0.25, 0.3) is 0 Å². The molecule has 2 aromatic rings. The molecule has 1 atom stereocenters. The Bertz CT molecular complexity index is 564. The number of benzene rings is 1. The van der Waals surface area contributed by atoms with Gasteiger partial charge >= 0.3 is 0 Å². The van der Waals surface area contributed by atoms with Gasteiger partial charge in [0, 0.05) is 30.0 Å². The van der Waals surface area contributed by atoms with Gasteiger partial charge < -0.3 is 4.98 Å². The number of aromatic nitrogens is 2. The number of nitrogens with zero attached hydrogens (tertiary/aromatic N) is 2. The van der Waals surface area contributed by atoms with Crippen LogP contribution in [0.1, 0.15) is 29.4 Å². The van der Waals surface area contributed by atoms with Gasteiger partial charge in [-0.15, -0.1) is 0 Å². The van der Waals surface area contributed by atoms with Gasteiger partial charge in [-0.3, -0.25) is 4.90 Å².